The van der Waals surface area contributed by atoms with Crippen molar-refractivity contribution in [3.63, 3.8) is 0 Å². The van der Waals surface area contributed by atoms with Crippen LogP contribution in [0.5, 0.6) is 0 Å². The Morgan fingerprint density at radius 3 is 2.57 bits per heavy atom. The number of benzene rings is 1. The maximum atomic E-state index is 13.3. The zero-order valence-electron chi connectivity index (χ0n) is 12.1. The predicted octanol–water partition coefficient (Wildman–Crippen LogP) is 2.66. The van der Waals surface area contributed by atoms with Gasteiger partial charge in [0, 0.05) is 45.8 Å². The first-order valence-electron chi connectivity index (χ1n) is 6.71. The van der Waals surface area contributed by atoms with E-state index in [1.54, 1.807) is 6.07 Å². The number of likely N-dealkylation sites (N-methyl/N-ethyl adjacent to an activating group) is 1. The minimum Gasteiger partial charge on any atom is -0.314 e. The van der Waals surface area contributed by atoms with Crippen LogP contribution in [0.3, 0.4) is 0 Å². The summed E-state index contributed by atoms with van der Waals surface area (Å²) in [5.41, 5.74) is 0.963. The molecule has 0 saturated carbocycles. The van der Waals surface area contributed by atoms with Crippen molar-refractivity contribution >= 4 is 36.4 Å². The smallest absolute Gasteiger partial charge is 0.142 e. The van der Waals surface area contributed by atoms with E-state index in [9.17, 15) is 4.39 Å². The zero-order valence-corrected chi connectivity index (χ0v) is 14.5. The molecule has 21 heavy (non-hydrogen) atoms. The summed E-state index contributed by atoms with van der Waals surface area (Å²) >= 11 is 5.68. The Labute approximate surface area is 143 Å². The van der Waals surface area contributed by atoms with Gasteiger partial charge in [0.15, 0.2) is 0 Å². The standard InChI is InChI=1S/C14H21ClFN3.2ClH/c1-18(8-9-19-6-4-17-5-7-19)11-12-2-3-13(15)14(16)10-12;;/h2-3,10,17H,4-9,11H2,1H3;2*1H. The van der Waals surface area contributed by atoms with Crippen molar-refractivity contribution in [1.29, 1.82) is 0 Å². The second-order valence-corrected chi connectivity index (χ2v) is 5.49. The third-order valence-corrected chi connectivity index (χ3v) is 3.75. The van der Waals surface area contributed by atoms with Crippen LogP contribution in [0.2, 0.25) is 5.02 Å². The van der Waals surface area contributed by atoms with Crippen LogP contribution in [-0.4, -0.2) is 56.1 Å². The van der Waals surface area contributed by atoms with Gasteiger partial charge in [-0.2, -0.15) is 0 Å². The van der Waals surface area contributed by atoms with Crippen molar-refractivity contribution < 1.29 is 4.39 Å². The van der Waals surface area contributed by atoms with Gasteiger partial charge in [0.25, 0.3) is 0 Å². The molecule has 2 rings (SSSR count). The van der Waals surface area contributed by atoms with Crippen LogP contribution in [0.15, 0.2) is 18.2 Å². The van der Waals surface area contributed by atoms with Crippen LogP contribution in [-0.2, 0) is 6.54 Å². The van der Waals surface area contributed by atoms with Crippen molar-refractivity contribution in [1.82, 2.24) is 15.1 Å². The molecule has 3 nitrogen and oxygen atoms in total. The van der Waals surface area contributed by atoms with E-state index in [4.69, 9.17) is 11.6 Å². The highest BCUT2D eigenvalue weighted by Crippen LogP contribution is 2.16. The van der Waals surface area contributed by atoms with Crippen LogP contribution >= 0.6 is 36.4 Å². The van der Waals surface area contributed by atoms with Crippen LogP contribution in [0.1, 0.15) is 5.56 Å². The van der Waals surface area contributed by atoms with E-state index < -0.39 is 0 Å². The molecule has 0 aliphatic carbocycles. The second kappa shape index (κ2) is 10.6. The molecular formula is C14H23Cl3FN3. The number of nitrogens with zero attached hydrogens (tertiary/aromatic N) is 2. The molecular weight excluding hydrogens is 336 g/mol. The summed E-state index contributed by atoms with van der Waals surface area (Å²) in [6, 6.07) is 5.02. The molecule has 1 aromatic rings. The average molecular weight is 359 g/mol. The number of rotatable bonds is 5. The van der Waals surface area contributed by atoms with Crippen molar-refractivity contribution in [2.24, 2.45) is 0 Å². The van der Waals surface area contributed by atoms with E-state index >= 15 is 0 Å². The monoisotopic (exact) mass is 357 g/mol. The van der Waals surface area contributed by atoms with Crippen molar-refractivity contribution in [2.45, 2.75) is 6.54 Å². The molecule has 1 fully saturated rings. The van der Waals surface area contributed by atoms with Crippen LogP contribution in [0.25, 0.3) is 0 Å². The first-order chi connectivity index (χ1) is 9.15. The quantitative estimate of drug-likeness (QED) is 0.873. The number of hydrogen-bond donors (Lipinski definition) is 1. The van der Waals surface area contributed by atoms with Gasteiger partial charge in [-0.15, -0.1) is 24.8 Å². The van der Waals surface area contributed by atoms with Gasteiger partial charge < -0.3 is 10.2 Å². The molecule has 1 aliphatic rings. The predicted molar refractivity (Wildman–Crippen MR) is 91.5 cm³/mol. The van der Waals surface area contributed by atoms with E-state index in [0.29, 0.717) is 0 Å². The zero-order chi connectivity index (χ0) is 13.7. The third-order valence-electron chi connectivity index (χ3n) is 3.44. The van der Waals surface area contributed by atoms with E-state index in [1.807, 2.05) is 6.07 Å². The fourth-order valence-corrected chi connectivity index (χ4v) is 2.39. The SMILES string of the molecule is CN(CCN1CCNCC1)Cc1ccc(Cl)c(F)c1.Cl.Cl. The Kier molecular flexibility index (Phi) is 10.5. The molecule has 0 amide bonds. The molecule has 0 unspecified atom stereocenters. The topological polar surface area (TPSA) is 18.5 Å². The fourth-order valence-electron chi connectivity index (χ4n) is 2.28. The first-order valence-corrected chi connectivity index (χ1v) is 7.08. The highest BCUT2D eigenvalue weighted by Gasteiger charge is 2.10. The Balaban J connectivity index is 0.00000200. The van der Waals surface area contributed by atoms with Gasteiger partial charge in [-0.25, -0.2) is 4.39 Å². The third kappa shape index (κ3) is 7.13. The highest BCUT2D eigenvalue weighted by atomic mass is 35.5. The lowest BCUT2D eigenvalue weighted by Crippen LogP contribution is -2.45. The molecule has 1 N–H and O–H groups in total. The maximum absolute atomic E-state index is 13.3. The summed E-state index contributed by atoms with van der Waals surface area (Å²) in [7, 11) is 2.06. The minimum absolute atomic E-state index is 0. The summed E-state index contributed by atoms with van der Waals surface area (Å²) in [5, 5.41) is 3.53. The van der Waals surface area contributed by atoms with Crippen molar-refractivity contribution in [3.8, 4) is 0 Å². The van der Waals surface area contributed by atoms with Crippen molar-refractivity contribution in [3.05, 3.63) is 34.6 Å². The van der Waals surface area contributed by atoms with Gasteiger partial charge in [0.2, 0.25) is 0 Å². The molecule has 0 bridgehead atoms. The molecule has 0 atom stereocenters. The lowest BCUT2D eigenvalue weighted by atomic mass is 10.2. The van der Waals surface area contributed by atoms with E-state index in [1.165, 1.54) is 6.07 Å². The molecule has 1 aromatic carbocycles. The second-order valence-electron chi connectivity index (χ2n) is 5.08. The average Bonchev–Trinajstić information content (AvgIpc) is 2.42. The van der Waals surface area contributed by atoms with Crippen molar-refractivity contribution in [2.75, 3.05) is 46.3 Å². The molecule has 0 radical (unpaired) electrons. The Bertz CT molecular complexity index is 414. The van der Waals surface area contributed by atoms with Crippen LogP contribution in [0, 0.1) is 5.82 Å². The molecule has 1 aliphatic heterocycles. The minimum atomic E-state index is -0.338. The van der Waals surface area contributed by atoms with Gasteiger partial charge in [0.05, 0.1) is 5.02 Å². The van der Waals surface area contributed by atoms with E-state index in [0.717, 1.165) is 51.4 Å². The van der Waals surface area contributed by atoms with Crippen LogP contribution in [0.4, 0.5) is 4.39 Å². The van der Waals surface area contributed by atoms with Gasteiger partial charge in [-0.05, 0) is 24.7 Å². The highest BCUT2D eigenvalue weighted by molar-refractivity contribution is 6.30. The number of nitrogens with one attached hydrogen (secondary N) is 1. The number of halogens is 4. The number of hydrogen-bond acceptors (Lipinski definition) is 3. The summed E-state index contributed by atoms with van der Waals surface area (Å²) in [6.45, 7) is 7.18. The van der Waals surface area contributed by atoms with Gasteiger partial charge in [-0.3, -0.25) is 4.90 Å². The molecule has 122 valence electrons. The van der Waals surface area contributed by atoms with Gasteiger partial charge in [-0.1, -0.05) is 17.7 Å². The molecule has 7 heteroatoms. The lowest BCUT2D eigenvalue weighted by molar-refractivity contribution is 0.202. The molecule has 0 aromatic heterocycles. The van der Waals surface area contributed by atoms with Gasteiger partial charge >= 0.3 is 0 Å². The lowest BCUT2D eigenvalue weighted by Gasteiger charge is -2.29. The molecule has 1 saturated heterocycles. The first kappa shape index (κ1) is 20.9. The largest absolute Gasteiger partial charge is 0.314 e. The Morgan fingerprint density at radius 1 is 1.29 bits per heavy atom. The van der Waals surface area contributed by atoms with E-state index in [2.05, 4.69) is 22.2 Å². The molecule has 0 spiro atoms. The fraction of sp³-hybridized carbons (Fsp3) is 0.571. The van der Waals surface area contributed by atoms with E-state index in [-0.39, 0.29) is 35.7 Å². The summed E-state index contributed by atoms with van der Waals surface area (Å²) in [5.74, 6) is -0.338. The summed E-state index contributed by atoms with van der Waals surface area (Å²) in [4.78, 5) is 4.67. The molecule has 1 heterocycles. The Hall–Kier alpha value is -0.100. The number of piperazine rings is 1. The summed E-state index contributed by atoms with van der Waals surface area (Å²) in [6.07, 6.45) is 0. The van der Waals surface area contributed by atoms with Crippen LogP contribution < -0.4 is 5.32 Å². The summed E-state index contributed by atoms with van der Waals surface area (Å²) < 4.78 is 13.3. The normalized spacial score (nSPS) is 15.4. The van der Waals surface area contributed by atoms with Gasteiger partial charge in [0.1, 0.15) is 5.82 Å². The maximum Gasteiger partial charge on any atom is 0.142 e. The Morgan fingerprint density at radius 2 is 1.95 bits per heavy atom.